The first-order chi connectivity index (χ1) is 16.8. The summed E-state index contributed by atoms with van der Waals surface area (Å²) < 4.78 is 6.03. The number of tetrazole rings is 1. The third-order valence-corrected chi connectivity index (χ3v) is 6.06. The number of nitrogens with one attached hydrogen (secondary N) is 1. The molecule has 0 fully saturated rings. The van der Waals surface area contributed by atoms with E-state index in [-0.39, 0.29) is 0 Å². The van der Waals surface area contributed by atoms with Crippen LogP contribution in [-0.2, 0) is 19.4 Å². The zero-order valence-electron chi connectivity index (χ0n) is 19.0. The first-order valence-corrected chi connectivity index (χ1v) is 11.7. The van der Waals surface area contributed by atoms with Crippen LogP contribution in [0.4, 0.5) is 0 Å². The first-order valence-electron chi connectivity index (χ1n) is 11.7. The van der Waals surface area contributed by atoms with Crippen molar-refractivity contribution in [1.82, 2.24) is 25.6 Å². The fraction of sp³-hybridized carbons (Fsp3) is 0.214. The Morgan fingerprint density at radius 2 is 1.65 bits per heavy atom. The van der Waals surface area contributed by atoms with Crippen molar-refractivity contribution in [3.8, 4) is 5.75 Å². The number of fused-ring (bicyclic) bond motifs is 1. The van der Waals surface area contributed by atoms with Crippen molar-refractivity contribution in [3.05, 3.63) is 114 Å². The smallest absolute Gasteiger partial charge is 0.174 e. The van der Waals surface area contributed by atoms with Gasteiger partial charge in [-0.15, -0.1) is 10.2 Å². The van der Waals surface area contributed by atoms with Crippen LogP contribution >= 0.6 is 0 Å². The van der Waals surface area contributed by atoms with Gasteiger partial charge in [0.2, 0.25) is 0 Å². The molecular weight excluding hydrogens is 422 g/mol. The number of pyridine rings is 1. The van der Waals surface area contributed by atoms with Gasteiger partial charge in [-0.2, -0.15) is 5.21 Å². The molecule has 3 aromatic carbocycles. The molecule has 0 saturated heterocycles. The summed E-state index contributed by atoms with van der Waals surface area (Å²) >= 11 is 0. The van der Waals surface area contributed by atoms with Crippen molar-refractivity contribution in [3.63, 3.8) is 0 Å². The van der Waals surface area contributed by atoms with E-state index in [9.17, 15) is 0 Å². The molecule has 0 radical (unpaired) electrons. The number of aryl methyl sites for hydroxylation is 1. The van der Waals surface area contributed by atoms with Crippen molar-refractivity contribution in [1.29, 1.82) is 0 Å². The van der Waals surface area contributed by atoms with E-state index in [2.05, 4.69) is 87.4 Å². The Hall–Kier alpha value is -4.06. The number of aromatic amines is 1. The zero-order chi connectivity index (χ0) is 23.0. The maximum Gasteiger partial charge on any atom is 0.174 e. The molecule has 1 N–H and O–H groups in total. The second-order valence-corrected chi connectivity index (χ2v) is 8.46. The van der Waals surface area contributed by atoms with Gasteiger partial charge in [0.1, 0.15) is 12.4 Å². The monoisotopic (exact) mass is 449 g/mol. The van der Waals surface area contributed by atoms with E-state index in [0.29, 0.717) is 12.5 Å². The molecule has 1 unspecified atom stereocenters. The van der Waals surface area contributed by atoms with Crippen LogP contribution < -0.4 is 4.74 Å². The molecule has 1 atom stereocenters. The summed E-state index contributed by atoms with van der Waals surface area (Å²) in [6.07, 6.45) is 3.86. The van der Waals surface area contributed by atoms with Crippen LogP contribution in [0.15, 0.2) is 91.0 Å². The third kappa shape index (κ3) is 5.64. The Bertz CT molecular complexity index is 1300. The highest BCUT2D eigenvalue weighted by Gasteiger charge is 2.14. The van der Waals surface area contributed by atoms with Gasteiger partial charge in [-0.05, 0) is 60.6 Å². The maximum atomic E-state index is 6.03. The fourth-order valence-electron chi connectivity index (χ4n) is 4.26. The summed E-state index contributed by atoms with van der Waals surface area (Å²) in [5.74, 6) is 2.03. The Morgan fingerprint density at radius 3 is 2.47 bits per heavy atom. The topological polar surface area (TPSA) is 76.6 Å². The van der Waals surface area contributed by atoms with Gasteiger partial charge < -0.3 is 4.74 Å². The van der Waals surface area contributed by atoms with Gasteiger partial charge in [-0.1, -0.05) is 71.9 Å². The molecule has 34 heavy (non-hydrogen) atoms. The van der Waals surface area contributed by atoms with Gasteiger partial charge in [-0.3, -0.25) is 0 Å². The Balaban J connectivity index is 1.24. The number of hydrogen-bond donors (Lipinski definition) is 1. The van der Waals surface area contributed by atoms with Gasteiger partial charge in [-0.25, -0.2) is 4.98 Å². The average molecular weight is 450 g/mol. The van der Waals surface area contributed by atoms with Gasteiger partial charge in [0, 0.05) is 11.8 Å². The molecule has 0 spiro atoms. The lowest BCUT2D eigenvalue weighted by atomic mass is 9.87. The van der Waals surface area contributed by atoms with E-state index in [4.69, 9.17) is 9.72 Å². The second kappa shape index (κ2) is 10.7. The largest absolute Gasteiger partial charge is 0.487 e. The standard InChI is InChI=1S/C28H27N5O/c1-2-7-21(8-3-1)19-24(10-6-12-28-30-32-33-31-28)22-14-17-26(18-15-22)34-20-25-16-13-23-9-4-5-11-27(23)29-25/h1-5,7-9,11,13-18,24H,6,10,12,19-20H2,(H,30,31,32,33). The van der Waals surface area contributed by atoms with Gasteiger partial charge in [0.05, 0.1) is 11.2 Å². The molecule has 0 saturated carbocycles. The summed E-state index contributed by atoms with van der Waals surface area (Å²) in [7, 11) is 0. The lowest BCUT2D eigenvalue weighted by Crippen LogP contribution is -2.05. The lowest BCUT2D eigenvalue weighted by molar-refractivity contribution is 0.301. The highest BCUT2D eigenvalue weighted by atomic mass is 16.5. The van der Waals surface area contributed by atoms with Crippen LogP contribution in [0.5, 0.6) is 5.75 Å². The molecule has 0 aliphatic heterocycles. The van der Waals surface area contributed by atoms with E-state index in [1.54, 1.807) is 0 Å². The van der Waals surface area contributed by atoms with Crippen molar-refractivity contribution in [2.75, 3.05) is 0 Å². The van der Waals surface area contributed by atoms with Crippen molar-refractivity contribution in [2.45, 2.75) is 38.2 Å². The zero-order valence-corrected chi connectivity index (χ0v) is 19.0. The van der Waals surface area contributed by atoms with Crippen molar-refractivity contribution in [2.24, 2.45) is 0 Å². The van der Waals surface area contributed by atoms with Crippen LogP contribution in [0.2, 0.25) is 0 Å². The normalized spacial score (nSPS) is 12.0. The number of ether oxygens (including phenoxy) is 1. The molecule has 0 aliphatic rings. The number of aromatic nitrogens is 5. The molecule has 0 aliphatic carbocycles. The van der Waals surface area contributed by atoms with Gasteiger partial charge >= 0.3 is 0 Å². The van der Waals surface area contributed by atoms with Gasteiger partial charge in [0.15, 0.2) is 5.82 Å². The number of H-pyrrole nitrogens is 1. The summed E-state index contributed by atoms with van der Waals surface area (Å²) in [6.45, 7) is 0.447. The van der Waals surface area contributed by atoms with E-state index >= 15 is 0 Å². The number of para-hydroxylation sites is 1. The Kier molecular flexibility index (Phi) is 6.85. The van der Waals surface area contributed by atoms with E-state index < -0.39 is 0 Å². The minimum Gasteiger partial charge on any atom is -0.487 e. The van der Waals surface area contributed by atoms with Crippen molar-refractivity contribution < 1.29 is 4.74 Å². The molecular formula is C28H27N5O. The highest BCUT2D eigenvalue weighted by Crippen LogP contribution is 2.28. The fourth-order valence-corrected chi connectivity index (χ4v) is 4.26. The maximum absolute atomic E-state index is 6.03. The number of rotatable bonds is 10. The van der Waals surface area contributed by atoms with E-state index in [0.717, 1.165) is 53.9 Å². The lowest BCUT2D eigenvalue weighted by Gasteiger charge is -2.18. The van der Waals surface area contributed by atoms with Crippen LogP contribution in [0.1, 0.15) is 41.4 Å². The molecule has 5 aromatic rings. The van der Waals surface area contributed by atoms with Gasteiger partial charge in [0.25, 0.3) is 0 Å². The molecule has 6 heteroatoms. The van der Waals surface area contributed by atoms with Crippen LogP contribution in [0.3, 0.4) is 0 Å². The van der Waals surface area contributed by atoms with E-state index in [1.165, 1.54) is 11.1 Å². The predicted molar refractivity (Wildman–Crippen MR) is 133 cm³/mol. The quantitative estimate of drug-likeness (QED) is 0.297. The average Bonchev–Trinajstić information content (AvgIpc) is 3.41. The summed E-state index contributed by atoms with van der Waals surface area (Å²) in [5.41, 5.74) is 4.57. The minimum absolute atomic E-state index is 0.408. The molecule has 2 aromatic heterocycles. The number of benzene rings is 3. The van der Waals surface area contributed by atoms with Crippen LogP contribution in [0.25, 0.3) is 10.9 Å². The third-order valence-electron chi connectivity index (χ3n) is 6.06. The Labute approximate surface area is 199 Å². The molecule has 2 heterocycles. The molecule has 0 bridgehead atoms. The first kappa shape index (κ1) is 21.8. The van der Waals surface area contributed by atoms with Crippen molar-refractivity contribution >= 4 is 10.9 Å². The van der Waals surface area contributed by atoms with Crippen LogP contribution in [-0.4, -0.2) is 25.6 Å². The Morgan fingerprint density at radius 1 is 0.824 bits per heavy atom. The summed E-state index contributed by atoms with van der Waals surface area (Å²) in [4.78, 5) is 4.70. The summed E-state index contributed by atoms with van der Waals surface area (Å²) in [6, 6.07) is 31.4. The predicted octanol–water partition coefficient (Wildman–Crippen LogP) is 5.68. The van der Waals surface area contributed by atoms with Crippen LogP contribution in [0, 0.1) is 0 Å². The minimum atomic E-state index is 0.408. The second-order valence-electron chi connectivity index (χ2n) is 8.46. The molecule has 170 valence electrons. The molecule has 6 nitrogen and oxygen atoms in total. The van der Waals surface area contributed by atoms with E-state index in [1.807, 2.05) is 24.3 Å². The SMILES string of the molecule is c1ccc(CC(CCCc2nn[nH]n2)c2ccc(OCc3ccc4ccccc4n3)cc2)cc1. The highest BCUT2D eigenvalue weighted by molar-refractivity contribution is 5.78. The molecule has 5 rings (SSSR count). The number of nitrogens with zero attached hydrogens (tertiary/aromatic N) is 4. The molecule has 0 amide bonds. The number of hydrogen-bond acceptors (Lipinski definition) is 5. The summed E-state index contributed by atoms with van der Waals surface area (Å²) in [5, 5.41) is 15.5.